The maximum atomic E-state index is 5.86. The molecule has 0 amide bonds. The van der Waals surface area contributed by atoms with Crippen LogP contribution in [0.5, 0.6) is 11.5 Å². The van der Waals surface area contributed by atoms with E-state index >= 15 is 0 Å². The van der Waals surface area contributed by atoms with Crippen molar-refractivity contribution < 1.29 is 9.47 Å². The number of nitrogens with one attached hydrogen (secondary N) is 1. The average molecular weight is 421 g/mol. The lowest BCUT2D eigenvalue weighted by molar-refractivity contribution is 0.284. The van der Waals surface area contributed by atoms with Gasteiger partial charge in [0.1, 0.15) is 6.61 Å². The number of nitrogens with zero attached hydrogens (tertiary/aromatic N) is 1. The first-order valence-corrected chi connectivity index (χ1v) is 8.11. The molecule has 6 heteroatoms. The first-order valence-electron chi connectivity index (χ1n) is 7.03. The van der Waals surface area contributed by atoms with Gasteiger partial charge in [0.25, 0.3) is 0 Å². The summed E-state index contributed by atoms with van der Waals surface area (Å²) in [6.07, 6.45) is 0. The van der Waals surface area contributed by atoms with Crippen LogP contribution in [0.3, 0.4) is 0 Å². The third kappa shape index (κ3) is 3.42. The number of H-pyrrole nitrogens is 1. The second kappa shape index (κ2) is 6.91. The van der Waals surface area contributed by atoms with Gasteiger partial charge in [0, 0.05) is 5.56 Å². The molecule has 0 aliphatic rings. The topological polar surface area (TPSA) is 73.2 Å². The number of ether oxygens (including phenoxy) is 2. The standard InChI is InChI=1S/C17H16IN3O2/c1-22-14-9-12(16-15(18)17(19)21-20-16)7-8-13(14)23-10-11-5-3-2-4-6-11/h2-9H,10H2,1H3,(H3,19,20,21). The molecule has 0 atom stereocenters. The Bertz CT molecular complexity index is 803. The smallest absolute Gasteiger partial charge is 0.161 e. The summed E-state index contributed by atoms with van der Waals surface area (Å²) in [4.78, 5) is 0. The molecule has 3 aromatic rings. The summed E-state index contributed by atoms with van der Waals surface area (Å²) in [6, 6.07) is 15.8. The number of halogens is 1. The molecule has 2 aromatic carbocycles. The Labute approximate surface area is 148 Å². The van der Waals surface area contributed by atoms with Crippen LogP contribution in [0.1, 0.15) is 5.56 Å². The predicted octanol–water partition coefficient (Wildman–Crippen LogP) is 3.85. The monoisotopic (exact) mass is 421 g/mol. The lowest BCUT2D eigenvalue weighted by Crippen LogP contribution is -1.98. The van der Waals surface area contributed by atoms with Crippen molar-refractivity contribution >= 4 is 28.4 Å². The minimum Gasteiger partial charge on any atom is -0.493 e. The summed E-state index contributed by atoms with van der Waals surface area (Å²) >= 11 is 2.17. The second-order valence-corrected chi connectivity index (χ2v) is 6.02. The van der Waals surface area contributed by atoms with E-state index in [2.05, 4.69) is 32.8 Å². The Kier molecular flexibility index (Phi) is 4.71. The summed E-state index contributed by atoms with van der Waals surface area (Å²) in [5.74, 6) is 1.86. The summed E-state index contributed by atoms with van der Waals surface area (Å²) < 4.78 is 12.2. The normalized spacial score (nSPS) is 10.5. The van der Waals surface area contributed by atoms with Crippen molar-refractivity contribution in [1.29, 1.82) is 0 Å². The molecule has 1 aromatic heterocycles. The van der Waals surface area contributed by atoms with Crippen LogP contribution in [0.25, 0.3) is 11.3 Å². The molecule has 118 valence electrons. The van der Waals surface area contributed by atoms with Crippen molar-refractivity contribution in [2.45, 2.75) is 6.61 Å². The first kappa shape index (κ1) is 15.7. The molecule has 0 saturated heterocycles. The molecule has 0 bridgehead atoms. The second-order valence-electron chi connectivity index (χ2n) is 4.94. The van der Waals surface area contributed by atoms with Gasteiger partial charge in [0.15, 0.2) is 17.3 Å². The van der Waals surface area contributed by atoms with Gasteiger partial charge in [-0.3, -0.25) is 5.10 Å². The van der Waals surface area contributed by atoms with Crippen LogP contribution in [0, 0.1) is 3.57 Å². The van der Waals surface area contributed by atoms with Crippen molar-refractivity contribution in [2.24, 2.45) is 0 Å². The highest BCUT2D eigenvalue weighted by Gasteiger charge is 2.13. The van der Waals surface area contributed by atoms with Gasteiger partial charge in [-0.05, 0) is 46.4 Å². The van der Waals surface area contributed by atoms with E-state index in [4.69, 9.17) is 15.2 Å². The van der Waals surface area contributed by atoms with Crippen molar-refractivity contribution in [3.05, 3.63) is 57.7 Å². The molecule has 3 rings (SSSR count). The highest BCUT2D eigenvalue weighted by atomic mass is 127. The van der Waals surface area contributed by atoms with Gasteiger partial charge in [0.05, 0.1) is 16.4 Å². The Morgan fingerprint density at radius 2 is 1.91 bits per heavy atom. The van der Waals surface area contributed by atoms with Crippen LogP contribution in [-0.2, 0) is 6.61 Å². The lowest BCUT2D eigenvalue weighted by Gasteiger charge is -2.12. The Morgan fingerprint density at radius 1 is 1.13 bits per heavy atom. The molecule has 0 aliphatic carbocycles. The molecule has 0 saturated carbocycles. The molecule has 3 N–H and O–H groups in total. The van der Waals surface area contributed by atoms with Crippen LogP contribution in [-0.4, -0.2) is 17.3 Å². The Morgan fingerprint density at radius 3 is 2.57 bits per heavy atom. The zero-order valence-electron chi connectivity index (χ0n) is 12.5. The zero-order chi connectivity index (χ0) is 16.2. The molecular weight excluding hydrogens is 405 g/mol. The van der Waals surface area contributed by atoms with Crippen LogP contribution in [0.2, 0.25) is 0 Å². The predicted molar refractivity (Wildman–Crippen MR) is 98.5 cm³/mol. The van der Waals surface area contributed by atoms with E-state index in [9.17, 15) is 0 Å². The fourth-order valence-electron chi connectivity index (χ4n) is 2.21. The van der Waals surface area contributed by atoms with Gasteiger partial charge >= 0.3 is 0 Å². The van der Waals surface area contributed by atoms with Gasteiger partial charge in [-0.2, -0.15) is 5.10 Å². The molecule has 0 unspecified atom stereocenters. The van der Waals surface area contributed by atoms with Crippen LogP contribution in [0.15, 0.2) is 48.5 Å². The maximum Gasteiger partial charge on any atom is 0.161 e. The van der Waals surface area contributed by atoms with Gasteiger partial charge in [-0.25, -0.2) is 0 Å². The number of benzene rings is 2. The number of hydrogen-bond donors (Lipinski definition) is 2. The molecule has 0 radical (unpaired) electrons. The van der Waals surface area contributed by atoms with Gasteiger partial charge in [-0.1, -0.05) is 30.3 Å². The van der Waals surface area contributed by atoms with Crippen LogP contribution >= 0.6 is 22.6 Å². The maximum absolute atomic E-state index is 5.86. The Balaban J connectivity index is 1.84. The van der Waals surface area contributed by atoms with E-state index in [1.54, 1.807) is 7.11 Å². The summed E-state index contributed by atoms with van der Waals surface area (Å²) in [5.41, 5.74) is 8.71. The van der Waals surface area contributed by atoms with E-state index in [0.29, 0.717) is 23.9 Å². The number of hydrogen-bond acceptors (Lipinski definition) is 4. The first-order chi connectivity index (χ1) is 11.2. The fourth-order valence-corrected chi connectivity index (χ4v) is 2.76. The molecule has 23 heavy (non-hydrogen) atoms. The van der Waals surface area contributed by atoms with Gasteiger partial charge in [0.2, 0.25) is 0 Å². The van der Waals surface area contributed by atoms with E-state index in [0.717, 1.165) is 20.4 Å². The SMILES string of the molecule is COc1cc(-c2[nH]nc(N)c2I)ccc1OCc1ccccc1. The molecule has 0 fully saturated rings. The molecule has 0 aliphatic heterocycles. The lowest BCUT2D eigenvalue weighted by atomic mass is 10.1. The van der Waals surface area contributed by atoms with Gasteiger partial charge in [-0.15, -0.1) is 0 Å². The number of nitrogen functional groups attached to an aromatic ring is 1. The van der Waals surface area contributed by atoms with E-state index in [1.807, 2.05) is 48.5 Å². The average Bonchev–Trinajstić information content (AvgIpc) is 2.93. The van der Waals surface area contributed by atoms with Gasteiger partial charge < -0.3 is 15.2 Å². The minimum absolute atomic E-state index is 0.490. The highest BCUT2D eigenvalue weighted by molar-refractivity contribution is 14.1. The minimum atomic E-state index is 0.490. The number of anilines is 1. The van der Waals surface area contributed by atoms with E-state index in [1.165, 1.54) is 0 Å². The van der Waals surface area contributed by atoms with Crippen molar-refractivity contribution in [2.75, 3.05) is 12.8 Å². The third-order valence-corrected chi connectivity index (χ3v) is 4.51. The number of nitrogens with two attached hydrogens (primary N) is 1. The number of aromatic amines is 1. The highest BCUT2D eigenvalue weighted by Crippen LogP contribution is 2.34. The largest absolute Gasteiger partial charge is 0.493 e. The fraction of sp³-hybridized carbons (Fsp3) is 0.118. The van der Waals surface area contributed by atoms with Crippen LogP contribution < -0.4 is 15.2 Å². The molecule has 5 nitrogen and oxygen atoms in total. The molecule has 0 spiro atoms. The van der Waals surface area contributed by atoms with E-state index in [-0.39, 0.29) is 0 Å². The molecular formula is C17H16IN3O2. The number of methoxy groups -OCH3 is 1. The zero-order valence-corrected chi connectivity index (χ0v) is 14.7. The van der Waals surface area contributed by atoms with Crippen molar-refractivity contribution in [1.82, 2.24) is 10.2 Å². The molecule has 1 heterocycles. The number of aromatic nitrogens is 2. The quantitative estimate of drug-likeness (QED) is 0.614. The van der Waals surface area contributed by atoms with Crippen LogP contribution in [0.4, 0.5) is 5.82 Å². The van der Waals surface area contributed by atoms with E-state index < -0.39 is 0 Å². The third-order valence-electron chi connectivity index (χ3n) is 3.42. The summed E-state index contributed by atoms with van der Waals surface area (Å²) in [6.45, 7) is 0.491. The number of rotatable bonds is 5. The summed E-state index contributed by atoms with van der Waals surface area (Å²) in [5, 5.41) is 6.96. The Hall–Kier alpha value is -2.22. The van der Waals surface area contributed by atoms with Crippen molar-refractivity contribution in [3.63, 3.8) is 0 Å². The van der Waals surface area contributed by atoms with Crippen molar-refractivity contribution in [3.8, 4) is 22.8 Å². The summed E-state index contributed by atoms with van der Waals surface area (Å²) in [7, 11) is 1.63.